The molecule has 2 atom stereocenters. The number of anilines is 1. The minimum Gasteiger partial charge on any atom is -0.323 e. The first-order valence-electron chi connectivity index (χ1n) is 7.06. The molecule has 0 fully saturated rings. The van der Waals surface area contributed by atoms with E-state index in [2.05, 4.69) is 10.3 Å². The Balaban J connectivity index is 2.41. The topological polar surface area (TPSA) is 68.0 Å². The molecule has 112 valence electrons. The number of nitrogens with zero attached hydrogens (tertiary/aromatic N) is 1. The molecule has 2 rings (SSSR count). The highest BCUT2D eigenvalue weighted by molar-refractivity contribution is 6.35. The highest BCUT2D eigenvalue weighted by atomic mass is 35.5. The Labute approximate surface area is 129 Å². The van der Waals surface area contributed by atoms with Crippen molar-refractivity contribution in [2.45, 2.75) is 33.2 Å². The number of nitrogens with one attached hydrogen (secondary N) is 1. The molecule has 0 aliphatic rings. The molecule has 1 aromatic heterocycles. The summed E-state index contributed by atoms with van der Waals surface area (Å²) in [6.07, 6.45) is 2.57. The van der Waals surface area contributed by atoms with Crippen LogP contribution >= 0.6 is 11.6 Å². The summed E-state index contributed by atoms with van der Waals surface area (Å²) < 4.78 is 0. The fourth-order valence-corrected chi connectivity index (χ4v) is 2.54. The van der Waals surface area contributed by atoms with E-state index in [1.54, 1.807) is 12.3 Å². The third kappa shape index (κ3) is 3.17. The number of aromatic nitrogens is 1. The molecule has 2 aromatic rings. The van der Waals surface area contributed by atoms with Gasteiger partial charge in [-0.05, 0) is 36.6 Å². The molecule has 2 unspecified atom stereocenters. The number of halogens is 1. The summed E-state index contributed by atoms with van der Waals surface area (Å²) in [5.41, 5.74) is 8.35. The van der Waals surface area contributed by atoms with Gasteiger partial charge in [0.25, 0.3) is 0 Å². The van der Waals surface area contributed by atoms with E-state index in [4.69, 9.17) is 17.3 Å². The molecule has 5 heteroatoms. The molecule has 4 nitrogen and oxygen atoms in total. The largest absolute Gasteiger partial charge is 0.323 e. The van der Waals surface area contributed by atoms with E-state index in [1.807, 2.05) is 32.9 Å². The summed E-state index contributed by atoms with van der Waals surface area (Å²) in [7, 11) is 0. The van der Waals surface area contributed by atoms with Crippen LogP contribution in [-0.4, -0.2) is 16.9 Å². The minimum atomic E-state index is -0.556. The third-order valence-corrected chi connectivity index (χ3v) is 4.14. The zero-order valence-corrected chi connectivity index (χ0v) is 13.2. The van der Waals surface area contributed by atoms with Gasteiger partial charge in [-0.25, -0.2) is 0 Å². The van der Waals surface area contributed by atoms with E-state index >= 15 is 0 Å². The van der Waals surface area contributed by atoms with Gasteiger partial charge in [-0.3, -0.25) is 9.78 Å². The summed E-state index contributed by atoms with van der Waals surface area (Å²) in [5.74, 6) is -0.112. The SMILES string of the molecule is CCC(C)C(N)C(=O)Nc1c(Cl)cc(C)c2ncccc12. The van der Waals surface area contributed by atoms with Crippen molar-refractivity contribution in [2.75, 3.05) is 5.32 Å². The normalized spacial score (nSPS) is 14.0. The Kier molecular flexibility index (Phi) is 4.80. The first-order chi connectivity index (χ1) is 9.95. The second-order valence-electron chi connectivity index (χ2n) is 5.35. The second-order valence-corrected chi connectivity index (χ2v) is 5.76. The van der Waals surface area contributed by atoms with Crippen LogP contribution in [0.15, 0.2) is 24.4 Å². The number of rotatable bonds is 4. The number of pyridine rings is 1. The smallest absolute Gasteiger partial charge is 0.241 e. The number of carbonyl (C=O) groups excluding carboxylic acids is 1. The minimum absolute atomic E-state index is 0.110. The molecule has 21 heavy (non-hydrogen) atoms. The average Bonchev–Trinajstić information content (AvgIpc) is 2.49. The van der Waals surface area contributed by atoms with Crippen LogP contribution in [0.25, 0.3) is 10.9 Å². The average molecular weight is 306 g/mol. The Hall–Kier alpha value is -1.65. The lowest BCUT2D eigenvalue weighted by Gasteiger charge is -2.19. The van der Waals surface area contributed by atoms with Crippen molar-refractivity contribution in [3.05, 3.63) is 35.0 Å². The van der Waals surface area contributed by atoms with E-state index in [1.165, 1.54) is 0 Å². The predicted octanol–water partition coefficient (Wildman–Crippen LogP) is 3.51. The number of hydrogen-bond acceptors (Lipinski definition) is 3. The van der Waals surface area contributed by atoms with Crippen molar-refractivity contribution in [1.82, 2.24) is 4.98 Å². The van der Waals surface area contributed by atoms with Crippen molar-refractivity contribution < 1.29 is 4.79 Å². The van der Waals surface area contributed by atoms with Crippen LogP contribution in [0.1, 0.15) is 25.8 Å². The zero-order valence-electron chi connectivity index (χ0n) is 12.5. The van der Waals surface area contributed by atoms with Crippen LogP contribution in [0.5, 0.6) is 0 Å². The van der Waals surface area contributed by atoms with Gasteiger partial charge in [0, 0.05) is 11.6 Å². The van der Waals surface area contributed by atoms with E-state index in [0.29, 0.717) is 10.7 Å². The molecule has 0 bridgehead atoms. The molecule has 0 spiro atoms. The van der Waals surface area contributed by atoms with Crippen LogP contribution in [0, 0.1) is 12.8 Å². The molecule has 1 amide bonds. The maximum absolute atomic E-state index is 12.3. The Morgan fingerprint density at radius 3 is 2.90 bits per heavy atom. The predicted molar refractivity (Wildman–Crippen MR) is 87.6 cm³/mol. The van der Waals surface area contributed by atoms with Crippen molar-refractivity contribution in [3.63, 3.8) is 0 Å². The quantitative estimate of drug-likeness (QED) is 0.908. The highest BCUT2D eigenvalue weighted by Gasteiger charge is 2.21. The second kappa shape index (κ2) is 6.41. The van der Waals surface area contributed by atoms with Crippen LogP contribution in [0.3, 0.4) is 0 Å². The van der Waals surface area contributed by atoms with Gasteiger partial charge in [0.15, 0.2) is 0 Å². The maximum atomic E-state index is 12.3. The van der Waals surface area contributed by atoms with Crippen molar-refractivity contribution in [2.24, 2.45) is 11.7 Å². The van der Waals surface area contributed by atoms with Crippen molar-refractivity contribution in [1.29, 1.82) is 0 Å². The Morgan fingerprint density at radius 2 is 2.24 bits per heavy atom. The van der Waals surface area contributed by atoms with Crippen molar-refractivity contribution >= 4 is 34.1 Å². The number of amides is 1. The summed E-state index contributed by atoms with van der Waals surface area (Å²) in [4.78, 5) is 16.6. The molecule has 3 N–H and O–H groups in total. The summed E-state index contributed by atoms with van der Waals surface area (Å²) in [6.45, 7) is 5.91. The molecule has 0 radical (unpaired) electrons. The Morgan fingerprint density at radius 1 is 1.52 bits per heavy atom. The van der Waals surface area contributed by atoms with Gasteiger partial charge in [-0.1, -0.05) is 31.9 Å². The number of aryl methyl sites for hydroxylation is 1. The molecule has 0 saturated carbocycles. The van der Waals surface area contributed by atoms with Crippen molar-refractivity contribution in [3.8, 4) is 0 Å². The summed E-state index contributed by atoms with van der Waals surface area (Å²) >= 11 is 6.29. The fourth-order valence-electron chi connectivity index (χ4n) is 2.23. The first kappa shape index (κ1) is 15.7. The lowest BCUT2D eigenvalue weighted by atomic mass is 9.99. The van der Waals surface area contributed by atoms with Gasteiger partial charge in [0.1, 0.15) is 0 Å². The molecule has 0 aliphatic heterocycles. The number of fused-ring (bicyclic) bond motifs is 1. The summed E-state index contributed by atoms with van der Waals surface area (Å²) in [6, 6.07) is 4.97. The van der Waals surface area contributed by atoms with Gasteiger partial charge >= 0.3 is 0 Å². The highest BCUT2D eigenvalue weighted by Crippen LogP contribution is 2.32. The number of nitrogens with two attached hydrogens (primary N) is 1. The monoisotopic (exact) mass is 305 g/mol. The molecular weight excluding hydrogens is 286 g/mol. The zero-order chi connectivity index (χ0) is 15.6. The lowest BCUT2D eigenvalue weighted by Crippen LogP contribution is -2.40. The van der Waals surface area contributed by atoms with Gasteiger partial charge in [0.05, 0.1) is 22.3 Å². The molecule has 1 aromatic carbocycles. The van der Waals surface area contributed by atoms with Crippen LogP contribution in [-0.2, 0) is 4.79 Å². The standard InChI is InChI=1S/C16H20ClN3O/c1-4-9(2)13(18)16(21)20-15-11-6-5-7-19-14(11)10(3)8-12(15)17/h5-9,13H,4,18H2,1-3H3,(H,20,21). The van der Waals surface area contributed by atoms with E-state index in [0.717, 1.165) is 22.9 Å². The van der Waals surface area contributed by atoms with Crippen LogP contribution in [0.2, 0.25) is 5.02 Å². The van der Waals surface area contributed by atoms with E-state index in [-0.39, 0.29) is 11.8 Å². The third-order valence-electron chi connectivity index (χ3n) is 3.84. The van der Waals surface area contributed by atoms with Crippen LogP contribution in [0.4, 0.5) is 5.69 Å². The number of hydrogen-bond donors (Lipinski definition) is 2. The molecule has 0 saturated heterocycles. The fraction of sp³-hybridized carbons (Fsp3) is 0.375. The van der Waals surface area contributed by atoms with Gasteiger partial charge in [-0.2, -0.15) is 0 Å². The number of carbonyl (C=O) groups is 1. The first-order valence-corrected chi connectivity index (χ1v) is 7.43. The van der Waals surface area contributed by atoms with E-state index in [9.17, 15) is 4.79 Å². The Bertz CT molecular complexity index is 672. The lowest BCUT2D eigenvalue weighted by molar-refractivity contribution is -0.118. The van der Waals surface area contributed by atoms with Gasteiger partial charge < -0.3 is 11.1 Å². The van der Waals surface area contributed by atoms with Gasteiger partial charge in [0.2, 0.25) is 5.91 Å². The maximum Gasteiger partial charge on any atom is 0.241 e. The molecular formula is C16H20ClN3O. The van der Waals surface area contributed by atoms with E-state index < -0.39 is 6.04 Å². The van der Waals surface area contributed by atoms with Crippen LogP contribution < -0.4 is 11.1 Å². The van der Waals surface area contributed by atoms with Gasteiger partial charge in [-0.15, -0.1) is 0 Å². The molecule has 0 aliphatic carbocycles. The number of benzene rings is 1. The molecule has 1 heterocycles. The summed E-state index contributed by atoms with van der Waals surface area (Å²) in [5, 5.41) is 4.18.